The Kier molecular flexibility index (Phi) is 3.88. The number of hydrogen-bond donors (Lipinski definition) is 1. The second kappa shape index (κ2) is 5.22. The van der Waals surface area contributed by atoms with Crippen LogP contribution in [0.2, 0.25) is 0 Å². The van der Waals surface area contributed by atoms with E-state index >= 15 is 0 Å². The Balaban J connectivity index is 1.81. The van der Waals surface area contributed by atoms with Crippen LogP contribution >= 0.6 is 0 Å². The van der Waals surface area contributed by atoms with E-state index in [0.717, 1.165) is 18.9 Å². The van der Waals surface area contributed by atoms with Gasteiger partial charge in [0.2, 0.25) is 0 Å². The van der Waals surface area contributed by atoms with Crippen molar-refractivity contribution in [3.05, 3.63) is 35.4 Å². The smallest absolute Gasteiger partial charge is 0.00966 e. The van der Waals surface area contributed by atoms with Crippen LogP contribution in [0.3, 0.4) is 0 Å². The van der Waals surface area contributed by atoms with Gasteiger partial charge in [-0.25, -0.2) is 0 Å². The first-order valence-electron chi connectivity index (χ1n) is 6.88. The van der Waals surface area contributed by atoms with Gasteiger partial charge in [0, 0.05) is 5.54 Å². The summed E-state index contributed by atoms with van der Waals surface area (Å²) in [6.07, 6.45) is 5.33. The topological polar surface area (TPSA) is 12.0 Å². The maximum Gasteiger partial charge on any atom is 0.00966 e. The molecule has 0 saturated heterocycles. The van der Waals surface area contributed by atoms with Crippen LogP contribution < -0.4 is 5.32 Å². The maximum atomic E-state index is 3.53. The Hall–Kier alpha value is -0.820. The van der Waals surface area contributed by atoms with Gasteiger partial charge in [-0.1, -0.05) is 30.7 Å². The van der Waals surface area contributed by atoms with Crippen LogP contribution in [0.1, 0.15) is 57.1 Å². The van der Waals surface area contributed by atoms with Crippen LogP contribution in [0, 0.1) is 0 Å². The van der Waals surface area contributed by atoms with Crippen molar-refractivity contribution in [2.75, 3.05) is 6.54 Å². The molecule has 1 aromatic carbocycles. The van der Waals surface area contributed by atoms with Crippen LogP contribution in [0.15, 0.2) is 24.3 Å². The molecule has 94 valence electrons. The molecule has 0 heterocycles. The molecule has 1 N–H and O–H groups in total. The fourth-order valence-corrected chi connectivity index (χ4v) is 2.28. The van der Waals surface area contributed by atoms with Crippen molar-refractivity contribution in [3.8, 4) is 0 Å². The Morgan fingerprint density at radius 2 is 1.76 bits per heavy atom. The van der Waals surface area contributed by atoms with Crippen LogP contribution in [-0.2, 0) is 6.42 Å². The molecule has 1 aliphatic carbocycles. The number of rotatable bonds is 4. The van der Waals surface area contributed by atoms with Crippen molar-refractivity contribution >= 4 is 0 Å². The van der Waals surface area contributed by atoms with Gasteiger partial charge in [-0.05, 0) is 63.6 Å². The Morgan fingerprint density at radius 3 is 2.24 bits per heavy atom. The molecule has 1 fully saturated rings. The van der Waals surface area contributed by atoms with E-state index in [4.69, 9.17) is 0 Å². The minimum Gasteiger partial charge on any atom is -0.312 e. The SMILES string of the molecule is CC(C)(C)NCCc1ccc(C2CCC2)cc1. The largest absolute Gasteiger partial charge is 0.312 e. The molecule has 0 aliphatic heterocycles. The molecular formula is C16H25N. The molecule has 1 aliphatic rings. The lowest BCUT2D eigenvalue weighted by atomic mass is 9.80. The summed E-state index contributed by atoms with van der Waals surface area (Å²) in [6.45, 7) is 7.71. The molecule has 1 nitrogen and oxygen atoms in total. The van der Waals surface area contributed by atoms with Crippen molar-refractivity contribution in [3.63, 3.8) is 0 Å². The minimum absolute atomic E-state index is 0.228. The third-order valence-electron chi connectivity index (χ3n) is 3.63. The van der Waals surface area contributed by atoms with E-state index in [1.807, 2.05) is 0 Å². The molecule has 1 heteroatoms. The molecular weight excluding hydrogens is 206 g/mol. The van der Waals surface area contributed by atoms with Gasteiger partial charge in [-0.3, -0.25) is 0 Å². The first kappa shape index (κ1) is 12.6. The lowest BCUT2D eigenvalue weighted by Crippen LogP contribution is -2.37. The molecule has 1 aromatic rings. The average Bonchev–Trinajstić information content (AvgIpc) is 2.16. The third-order valence-corrected chi connectivity index (χ3v) is 3.63. The van der Waals surface area contributed by atoms with Crippen LogP contribution in [0.5, 0.6) is 0 Å². The Labute approximate surface area is 106 Å². The molecule has 0 spiro atoms. The summed E-state index contributed by atoms with van der Waals surface area (Å²) in [5, 5.41) is 3.53. The fraction of sp³-hybridized carbons (Fsp3) is 0.625. The third kappa shape index (κ3) is 3.85. The number of hydrogen-bond acceptors (Lipinski definition) is 1. The summed E-state index contributed by atoms with van der Waals surface area (Å²) in [7, 11) is 0. The summed E-state index contributed by atoms with van der Waals surface area (Å²) >= 11 is 0. The first-order valence-corrected chi connectivity index (χ1v) is 6.88. The Morgan fingerprint density at radius 1 is 1.12 bits per heavy atom. The second-order valence-electron chi connectivity index (χ2n) is 6.30. The van der Waals surface area contributed by atoms with Gasteiger partial charge in [0.1, 0.15) is 0 Å². The maximum absolute atomic E-state index is 3.53. The molecule has 2 rings (SSSR count). The van der Waals surface area contributed by atoms with Crippen molar-refractivity contribution in [1.29, 1.82) is 0 Å². The Bertz CT molecular complexity index is 341. The lowest BCUT2D eigenvalue weighted by Gasteiger charge is -2.26. The van der Waals surface area contributed by atoms with Gasteiger partial charge in [-0.2, -0.15) is 0 Å². The molecule has 1 saturated carbocycles. The average molecular weight is 231 g/mol. The standard InChI is InChI=1S/C16H25N/c1-16(2,3)17-12-11-13-7-9-15(10-8-13)14-5-4-6-14/h7-10,14,17H,4-6,11-12H2,1-3H3. The second-order valence-corrected chi connectivity index (χ2v) is 6.30. The predicted octanol–water partition coefficient (Wildman–Crippen LogP) is 3.88. The summed E-state index contributed by atoms with van der Waals surface area (Å²) in [6, 6.07) is 9.27. The van der Waals surface area contributed by atoms with E-state index in [0.29, 0.717) is 0 Å². The molecule has 0 unspecified atom stereocenters. The van der Waals surface area contributed by atoms with Crippen molar-refractivity contribution in [2.24, 2.45) is 0 Å². The summed E-state index contributed by atoms with van der Waals surface area (Å²) in [4.78, 5) is 0. The molecule has 17 heavy (non-hydrogen) atoms. The minimum atomic E-state index is 0.228. The van der Waals surface area contributed by atoms with Gasteiger partial charge in [-0.15, -0.1) is 0 Å². The van der Waals surface area contributed by atoms with E-state index in [1.165, 1.54) is 24.8 Å². The summed E-state index contributed by atoms with van der Waals surface area (Å²) < 4.78 is 0. The predicted molar refractivity (Wildman–Crippen MR) is 74.5 cm³/mol. The number of nitrogens with one attached hydrogen (secondary N) is 1. The molecule has 0 radical (unpaired) electrons. The van der Waals surface area contributed by atoms with Gasteiger partial charge in [0.25, 0.3) is 0 Å². The number of benzene rings is 1. The van der Waals surface area contributed by atoms with E-state index in [-0.39, 0.29) is 5.54 Å². The molecule has 0 bridgehead atoms. The van der Waals surface area contributed by atoms with E-state index < -0.39 is 0 Å². The highest BCUT2D eigenvalue weighted by Crippen LogP contribution is 2.36. The van der Waals surface area contributed by atoms with E-state index in [2.05, 4.69) is 50.4 Å². The molecule has 0 atom stereocenters. The highest BCUT2D eigenvalue weighted by molar-refractivity contribution is 5.26. The first-order chi connectivity index (χ1) is 8.04. The van der Waals surface area contributed by atoms with Gasteiger partial charge in [0.05, 0.1) is 0 Å². The quantitative estimate of drug-likeness (QED) is 0.829. The van der Waals surface area contributed by atoms with Crippen LogP contribution in [0.4, 0.5) is 0 Å². The van der Waals surface area contributed by atoms with Crippen LogP contribution in [0.25, 0.3) is 0 Å². The zero-order valence-electron chi connectivity index (χ0n) is 11.4. The monoisotopic (exact) mass is 231 g/mol. The van der Waals surface area contributed by atoms with Crippen LogP contribution in [-0.4, -0.2) is 12.1 Å². The summed E-state index contributed by atoms with van der Waals surface area (Å²) in [5.74, 6) is 0.858. The van der Waals surface area contributed by atoms with Gasteiger partial charge < -0.3 is 5.32 Å². The molecule has 0 amide bonds. The van der Waals surface area contributed by atoms with Crippen molar-refractivity contribution in [1.82, 2.24) is 5.32 Å². The highest BCUT2D eigenvalue weighted by atomic mass is 14.9. The van der Waals surface area contributed by atoms with Gasteiger partial charge >= 0.3 is 0 Å². The van der Waals surface area contributed by atoms with E-state index in [9.17, 15) is 0 Å². The molecule has 0 aromatic heterocycles. The normalized spacial score (nSPS) is 16.9. The fourth-order valence-electron chi connectivity index (χ4n) is 2.28. The van der Waals surface area contributed by atoms with Gasteiger partial charge in [0.15, 0.2) is 0 Å². The summed E-state index contributed by atoms with van der Waals surface area (Å²) in [5.41, 5.74) is 3.22. The zero-order chi connectivity index (χ0) is 12.3. The zero-order valence-corrected chi connectivity index (χ0v) is 11.4. The van der Waals surface area contributed by atoms with Crippen molar-refractivity contribution < 1.29 is 0 Å². The van der Waals surface area contributed by atoms with E-state index in [1.54, 1.807) is 5.56 Å². The highest BCUT2D eigenvalue weighted by Gasteiger charge is 2.18. The lowest BCUT2D eigenvalue weighted by molar-refractivity contribution is 0.419. The van der Waals surface area contributed by atoms with Crippen molar-refractivity contribution in [2.45, 2.75) is 57.9 Å².